The Labute approximate surface area is 194 Å². The molecular weight excluding hydrogens is 448 g/mol. The lowest BCUT2D eigenvalue weighted by Crippen LogP contribution is -2.41. The van der Waals surface area contributed by atoms with Crippen molar-refractivity contribution in [1.82, 2.24) is 20.6 Å². The number of hydrogen-bond acceptors (Lipinski definition) is 6. The van der Waals surface area contributed by atoms with Gasteiger partial charge in [-0.05, 0) is 43.1 Å². The summed E-state index contributed by atoms with van der Waals surface area (Å²) in [6.45, 7) is 1.69. The summed E-state index contributed by atoms with van der Waals surface area (Å²) in [4.78, 5) is 34.5. The highest BCUT2D eigenvalue weighted by Gasteiger charge is 2.22. The first-order chi connectivity index (χ1) is 15.6. The minimum absolute atomic E-state index is 0.0424. The van der Waals surface area contributed by atoms with E-state index in [9.17, 15) is 9.59 Å². The Kier molecular flexibility index (Phi) is 7.31. The first-order valence-electron chi connectivity index (χ1n) is 10.3. The second-order valence-electron chi connectivity index (χ2n) is 7.40. The Morgan fingerprint density at radius 3 is 2.88 bits per heavy atom. The normalized spacial score (nSPS) is 16.1. The van der Waals surface area contributed by atoms with E-state index in [-0.39, 0.29) is 11.9 Å². The van der Waals surface area contributed by atoms with E-state index in [0.717, 1.165) is 42.8 Å². The van der Waals surface area contributed by atoms with Gasteiger partial charge in [-0.2, -0.15) is 0 Å². The molecule has 8 nitrogen and oxygen atoms in total. The molecule has 0 aliphatic carbocycles. The van der Waals surface area contributed by atoms with Crippen LogP contribution in [-0.4, -0.2) is 41.0 Å². The maximum Gasteiger partial charge on any atom is 0.325 e. The van der Waals surface area contributed by atoms with Crippen LogP contribution in [0.3, 0.4) is 0 Å². The third kappa shape index (κ3) is 5.82. The van der Waals surface area contributed by atoms with E-state index in [4.69, 9.17) is 11.6 Å². The predicted octanol–water partition coefficient (Wildman–Crippen LogP) is 4.37. The van der Waals surface area contributed by atoms with Crippen LogP contribution in [0.15, 0.2) is 48.9 Å². The molecule has 3 heterocycles. The number of aromatic nitrogens is 2. The van der Waals surface area contributed by atoms with Gasteiger partial charge in [-0.3, -0.25) is 20.4 Å². The SMILES string of the molecule is O=C(Nc1cnccn1)Nc1sc(-c2cccc(Cl)c2)cc1C(=O)N[C@H]1CCCCNC1. The van der Waals surface area contributed by atoms with Crippen LogP contribution in [0.25, 0.3) is 10.4 Å². The molecule has 0 spiro atoms. The Morgan fingerprint density at radius 2 is 2.06 bits per heavy atom. The number of hydrogen-bond donors (Lipinski definition) is 4. The van der Waals surface area contributed by atoms with Gasteiger partial charge in [0.25, 0.3) is 5.91 Å². The molecule has 1 atom stereocenters. The van der Waals surface area contributed by atoms with E-state index in [0.29, 0.717) is 21.4 Å². The molecule has 1 fully saturated rings. The van der Waals surface area contributed by atoms with Gasteiger partial charge in [0.05, 0.1) is 11.8 Å². The lowest BCUT2D eigenvalue weighted by atomic mass is 10.1. The first-order valence-corrected chi connectivity index (χ1v) is 11.5. The molecule has 3 amide bonds. The second-order valence-corrected chi connectivity index (χ2v) is 8.89. The standard InChI is InChI=1S/C22H23ClN6O2S/c23-15-5-3-4-14(10-15)18-11-17(20(30)27-16-6-1-2-7-24-12-16)21(32-18)29-22(31)28-19-13-25-8-9-26-19/h3-5,8-11,13,16,24H,1-2,6-7,12H2,(H,27,30)(H2,26,28,29,31)/t16-/m0/s1. The van der Waals surface area contributed by atoms with E-state index in [1.165, 1.54) is 29.9 Å². The molecule has 10 heteroatoms. The van der Waals surface area contributed by atoms with E-state index in [2.05, 4.69) is 31.2 Å². The zero-order chi connectivity index (χ0) is 22.3. The maximum atomic E-state index is 13.1. The van der Waals surface area contributed by atoms with Crippen molar-refractivity contribution in [3.63, 3.8) is 0 Å². The summed E-state index contributed by atoms with van der Waals surface area (Å²) in [5, 5.41) is 12.9. The number of rotatable bonds is 5. The van der Waals surface area contributed by atoms with Gasteiger partial charge in [-0.1, -0.05) is 30.2 Å². The molecule has 0 radical (unpaired) electrons. The quantitative estimate of drug-likeness (QED) is 0.442. The Hall–Kier alpha value is -3.01. The lowest BCUT2D eigenvalue weighted by Gasteiger charge is -2.16. The summed E-state index contributed by atoms with van der Waals surface area (Å²) in [5.41, 5.74) is 1.28. The topological polar surface area (TPSA) is 108 Å². The predicted molar refractivity (Wildman–Crippen MR) is 127 cm³/mol. The van der Waals surface area contributed by atoms with Crippen molar-refractivity contribution in [2.45, 2.75) is 25.3 Å². The molecular formula is C22H23ClN6O2S. The third-order valence-corrected chi connectivity index (χ3v) is 6.33. The van der Waals surface area contributed by atoms with Crippen LogP contribution in [0.4, 0.5) is 15.6 Å². The molecule has 1 aliphatic rings. The fourth-order valence-corrected chi connectivity index (χ4v) is 4.69. The number of urea groups is 1. The Balaban J connectivity index is 1.57. The smallest absolute Gasteiger partial charge is 0.325 e. The largest absolute Gasteiger partial charge is 0.348 e. The van der Waals surface area contributed by atoms with E-state index >= 15 is 0 Å². The summed E-state index contributed by atoms with van der Waals surface area (Å²) >= 11 is 7.46. The summed E-state index contributed by atoms with van der Waals surface area (Å²) in [6, 6.07) is 8.71. The summed E-state index contributed by atoms with van der Waals surface area (Å²) in [5.74, 6) is 0.0881. The minimum atomic E-state index is -0.504. The van der Waals surface area contributed by atoms with Gasteiger partial charge in [0.1, 0.15) is 5.00 Å². The van der Waals surface area contributed by atoms with Crippen LogP contribution in [0, 0.1) is 0 Å². The second kappa shape index (κ2) is 10.5. The fraction of sp³-hybridized carbons (Fsp3) is 0.273. The minimum Gasteiger partial charge on any atom is -0.348 e. The number of carbonyl (C=O) groups is 2. The molecule has 3 aromatic rings. The zero-order valence-corrected chi connectivity index (χ0v) is 18.8. The van der Waals surface area contributed by atoms with Crippen molar-refractivity contribution >= 4 is 45.7 Å². The average Bonchev–Trinajstić information content (AvgIpc) is 3.03. The van der Waals surface area contributed by atoms with Crippen LogP contribution < -0.4 is 21.3 Å². The molecule has 4 N–H and O–H groups in total. The highest BCUT2D eigenvalue weighted by atomic mass is 35.5. The molecule has 166 valence electrons. The number of nitrogens with zero attached hydrogens (tertiary/aromatic N) is 2. The Morgan fingerprint density at radius 1 is 1.16 bits per heavy atom. The first kappa shape index (κ1) is 22.2. The van der Waals surface area contributed by atoms with Gasteiger partial charge >= 0.3 is 6.03 Å². The van der Waals surface area contributed by atoms with Crippen molar-refractivity contribution in [3.8, 4) is 10.4 Å². The van der Waals surface area contributed by atoms with Crippen LogP contribution in [0.5, 0.6) is 0 Å². The average molecular weight is 471 g/mol. The monoisotopic (exact) mass is 470 g/mol. The van der Waals surface area contributed by atoms with Gasteiger partial charge < -0.3 is 10.6 Å². The van der Waals surface area contributed by atoms with Crippen molar-refractivity contribution in [1.29, 1.82) is 0 Å². The molecule has 0 saturated carbocycles. The molecule has 2 aromatic heterocycles. The summed E-state index contributed by atoms with van der Waals surface area (Å²) < 4.78 is 0. The van der Waals surface area contributed by atoms with Gasteiger partial charge in [0.15, 0.2) is 5.82 Å². The molecule has 1 saturated heterocycles. The molecule has 4 rings (SSSR count). The van der Waals surface area contributed by atoms with Crippen LogP contribution in [-0.2, 0) is 0 Å². The van der Waals surface area contributed by atoms with E-state index in [1.807, 2.05) is 18.2 Å². The number of thiophene rings is 1. The fourth-order valence-electron chi connectivity index (χ4n) is 3.46. The number of halogens is 1. The molecule has 1 aromatic carbocycles. The van der Waals surface area contributed by atoms with Gasteiger partial charge in [0, 0.05) is 34.9 Å². The van der Waals surface area contributed by atoms with Crippen LogP contribution in [0.2, 0.25) is 5.02 Å². The summed E-state index contributed by atoms with van der Waals surface area (Å²) in [7, 11) is 0. The number of amides is 3. The maximum absolute atomic E-state index is 13.1. The highest BCUT2D eigenvalue weighted by Crippen LogP contribution is 2.36. The van der Waals surface area contributed by atoms with Gasteiger partial charge in [0.2, 0.25) is 0 Å². The van der Waals surface area contributed by atoms with E-state index < -0.39 is 6.03 Å². The van der Waals surface area contributed by atoms with Crippen molar-refractivity contribution in [2.75, 3.05) is 23.7 Å². The molecule has 0 bridgehead atoms. The van der Waals surface area contributed by atoms with Crippen LogP contribution in [0.1, 0.15) is 29.6 Å². The third-order valence-electron chi connectivity index (χ3n) is 5.00. The zero-order valence-electron chi connectivity index (χ0n) is 17.2. The summed E-state index contributed by atoms with van der Waals surface area (Å²) in [6.07, 6.45) is 7.51. The van der Waals surface area contributed by atoms with Crippen LogP contribution >= 0.6 is 22.9 Å². The van der Waals surface area contributed by atoms with Crippen molar-refractivity contribution < 1.29 is 9.59 Å². The van der Waals surface area contributed by atoms with Crippen molar-refractivity contribution in [3.05, 3.63) is 59.5 Å². The van der Waals surface area contributed by atoms with Gasteiger partial charge in [-0.25, -0.2) is 9.78 Å². The Bertz CT molecular complexity index is 1080. The molecule has 32 heavy (non-hydrogen) atoms. The highest BCUT2D eigenvalue weighted by molar-refractivity contribution is 7.20. The molecule has 1 aliphatic heterocycles. The number of nitrogens with one attached hydrogen (secondary N) is 4. The number of anilines is 2. The molecule has 0 unspecified atom stereocenters. The van der Waals surface area contributed by atoms with Gasteiger partial charge in [-0.15, -0.1) is 11.3 Å². The van der Waals surface area contributed by atoms with E-state index in [1.54, 1.807) is 12.1 Å². The number of carbonyl (C=O) groups excluding carboxylic acids is 2. The van der Waals surface area contributed by atoms with Crippen molar-refractivity contribution in [2.24, 2.45) is 0 Å². The lowest BCUT2D eigenvalue weighted by molar-refractivity contribution is 0.0937. The number of benzene rings is 1.